The Labute approximate surface area is 248 Å². The number of rotatable bonds is 8. The summed E-state index contributed by atoms with van der Waals surface area (Å²) in [5.41, 5.74) is 4.10. The minimum absolute atomic E-state index is 0.238. The third-order valence-electron chi connectivity index (χ3n) is 8.76. The average molecular weight is 584 g/mol. The van der Waals surface area contributed by atoms with Gasteiger partial charge in [-0.2, -0.15) is 5.10 Å². The second-order valence-corrected chi connectivity index (χ2v) is 11.6. The van der Waals surface area contributed by atoms with E-state index in [4.69, 9.17) is 10.2 Å². The number of halogens is 1. The van der Waals surface area contributed by atoms with E-state index in [2.05, 4.69) is 10.6 Å². The van der Waals surface area contributed by atoms with Crippen LogP contribution in [-0.2, 0) is 16.6 Å². The van der Waals surface area contributed by atoms with E-state index in [0.717, 1.165) is 60.8 Å². The molecule has 0 bridgehead atoms. The number of hydrogen-bond acceptors (Lipinski definition) is 4. The van der Waals surface area contributed by atoms with Crippen LogP contribution in [0.4, 0.5) is 10.1 Å². The summed E-state index contributed by atoms with van der Waals surface area (Å²) >= 11 is 0. The molecule has 0 radical (unpaired) electrons. The average Bonchev–Trinajstić information content (AvgIpc) is 3.53. The predicted molar refractivity (Wildman–Crippen MR) is 161 cm³/mol. The zero-order valence-electron chi connectivity index (χ0n) is 24.0. The zero-order valence-corrected chi connectivity index (χ0v) is 24.0. The van der Waals surface area contributed by atoms with Gasteiger partial charge in [0.1, 0.15) is 17.0 Å². The second kappa shape index (κ2) is 11.5. The first-order valence-corrected chi connectivity index (χ1v) is 14.7. The zero-order chi connectivity index (χ0) is 30.1. The molecule has 2 heterocycles. The Bertz CT molecular complexity index is 1710. The van der Waals surface area contributed by atoms with Crippen molar-refractivity contribution in [1.29, 1.82) is 0 Å². The maximum absolute atomic E-state index is 13.7. The van der Waals surface area contributed by atoms with Gasteiger partial charge in [-0.15, -0.1) is 0 Å². The van der Waals surface area contributed by atoms with E-state index in [1.165, 1.54) is 24.6 Å². The number of carbonyl (C=O) groups is 3. The number of aliphatic carboxylic acids is 1. The lowest BCUT2D eigenvalue weighted by Crippen LogP contribution is -2.61. The number of imidazole rings is 1. The topological polar surface area (TPSA) is 118 Å². The summed E-state index contributed by atoms with van der Waals surface area (Å²) in [5.74, 6) is -1.77. The number of nitrogens with one attached hydrogen (secondary N) is 2. The molecule has 4 aromatic rings. The van der Waals surface area contributed by atoms with Crippen molar-refractivity contribution >= 4 is 35.2 Å². The van der Waals surface area contributed by atoms with Crippen molar-refractivity contribution in [3.8, 4) is 11.3 Å². The van der Waals surface area contributed by atoms with Gasteiger partial charge < -0.3 is 20.3 Å². The molecule has 6 rings (SSSR count). The summed E-state index contributed by atoms with van der Waals surface area (Å²) in [4.78, 5) is 37.7. The van der Waals surface area contributed by atoms with Crippen LogP contribution in [-0.4, -0.2) is 42.6 Å². The third kappa shape index (κ3) is 5.57. The molecule has 0 unspecified atom stereocenters. The molecule has 2 aliphatic rings. The van der Waals surface area contributed by atoms with Crippen LogP contribution in [0, 0.1) is 5.82 Å². The first-order valence-electron chi connectivity index (χ1n) is 14.7. The Morgan fingerprint density at radius 3 is 2.33 bits per heavy atom. The molecule has 0 aliphatic heterocycles. The van der Waals surface area contributed by atoms with Crippen LogP contribution in [0.3, 0.4) is 0 Å². The molecular weight excluding hydrogens is 549 g/mol. The predicted octanol–water partition coefficient (Wildman–Crippen LogP) is 5.92. The van der Waals surface area contributed by atoms with Gasteiger partial charge >= 0.3 is 5.97 Å². The molecule has 2 aromatic carbocycles. The largest absolute Gasteiger partial charge is 0.478 e. The summed E-state index contributed by atoms with van der Waals surface area (Å²) in [6.45, 7) is 0. The van der Waals surface area contributed by atoms with E-state index in [1.54, 1.807) is 42.5 Å². The Morgan fingerprint density at radius 1 is 1.00 bits per heavy atom. The molecule has 2 aliphatic carbocycles. The van der Waals surface area contributed by atoms with Crippen LogP contribution in [0.5, 0.6) is 0 Å². The summed E-state index contributed by atoms with van der Waals surface area (Å²) in [5, 5.41) is 19.5. The molecule has 0 atom stereocenters. The highest BCUT2D eigenvalue weighted by Gasteiger charge is 2.46. The maximum Gasteiger partial charge on any atom is 0.328 e. The van der Waals surface area contributed by atoms with Crippen molar-refractivity contribution in [1.82, 2.24) is 19.5 Å². The summed E-state index contributed by atoms with van der Waals surface area (Å²) in [7, 11) is 1.94. The fraction of sp³-hybridized carbons (Fsp3) is 0.333. The number of anilines is 1. The Balaban J connectivity index is 1.25. The van der Waals surface area contributed by atoms with E-state index < -0.39 is 17.4 Å². The Morgan fingerprint density at radius 2 is 1.70 bits per heavy atom. The standard InChI is InChI=1S/C33H34FN5O4/c1-38-27-20-26(37-39(27)30(22-6-3-2-4-7-22)29(38)23-11-13-24(34)14-12-23)31(42)36-33(18-5-19-33)32(43)35-25-15-8-21(9-16-25)10-17-28(40)41/h8-17,20,22H,2-7,18-19H2,1H3,(H,35,43)(H,36,42)(H,40,41)/b17-10+. The number of aromatic nitrogens is 3. The number of carboxylic acids is 1. The summed E-state index contributed by atoms with van der Waals surface area (Å²) in [6.07, 6.45) is 9.84. The fourth-order valence-electron chi connectivity index (χ4n) is 6.29. The number of fused-ring (bicyclic) bond motifs is 1. The van der Waals surface area contributed by atoms with Gasteiger partial charge in [0.2, 0.25) is 5.91 Å². The van der Waals surface area contributed by atoms with E-state index in [1.807, 2.05) is 16.1 Å². The smallest absolute Gasteiger partial charge is 0.328 e. The van der Waals surface area contributed by atoms with Gasteiger partial charge in [0.15, 0.2) is 5.69 Å². The number of aryl methyl sites for hydroxylation is 1. The van der Waals surface area contributed by atoms with Gasteiger partial charge in [-0.3, -0.25) is 9.59 Å². The molecule has 43 heavy (non-hydrogen) atoms. The van der Waals surface area contributed by atoms with E-state index in [0.29, 0.717) is 24.1 Å². The van der Waals surface area contributed by atoms with E-state index in [-0.39, 0.29) is 23.3 Å². The normalized spacial score (nSPS) is 16.7. The minimum Gasteiger partial charge on any atom is -0.478 e. The highest BCUT2D eigenvalue weighted by atomic mass is 19.1. The molecule has 10 heteroatoms. The van der Waals surface area contributed by atoms with Crippen molar-refractivity contribution < 1.29 is 23.9 Å². The fourth-order valence-corrected chi connectivity index (χ4v) is 6.29. The highest BCUT2D eigenvalue weighted by molar-refractivity contribution is 6.04. The molecule has 0 saturated heterocycles. The lowest BCUT2D eigenvalue weighted by molar-refractivity contribution is -0.131. The van der Waals surface area contributed by atoms with Crippen LogP contribution in [0.15, 0.2) is 60.7 Å². The van der Waals surface area contributed by atoms with Crippen LogP contribution in [0.2, 0.25) is 0 Å². The van der Waals surface area contributed by atoms with Crippen molar-refractivity contribution in [3.63, 3.8) is 0 Å². The quantitative estimate of drug-likeness (QED) is 0.223. The van der Waals surface area contributed by atoms with Crippen LogP contribution in [0.25, 0.3) is 23.0 Å². The second-order valence-electron chi connectivity index (χ2n) is 11.6. The number of carboxylic acid groups (broad SMARTS) is 1. The van der Waals surface area contributed by atoms with E-state index >= 15 is 0 Å². The lowest BCUT2D eigenvalue weighted by atomic mass is 9.75. The summed E-state index contributed by atoms with van der Waals surface area (Å²) < 4.78 is 17.6. The molecule has 2 amide bonds. The van der Waals surface area contributed by atoms with Gasteiger partial charge in [0.25, 0.3) is 5.91 Å². The van der Waals surface area contributed by atoms with Crippen LogP contribution in [0.1, 0.15) is 79.0 Å². The molecule has 2 aromatic heterocycles. The van der Waals surface area contributed by atoms with Gasteiger partial charge in [-0.05, 0) is 80.1 Å². The number of hydrogen-bond donors (Lipinski definition) is 3. The number of nitrogens with zero attached hydrogens (tertiary/aromatic N) is 3. The molecule has 2 fully saturated rings. The molecule has 2 saturated carbocycles. The monoisotopic (exact) mass is 583 g/mol. The number of carbonyl (C=O) groups excluding carboxylic acids is 2. The number of benzene rings is 2. The maximum atomic E-state index is 13.7. The molecular formula is C33H34FN5O4. The number of amides is 2. The van der Waals surface area contributed by atoms with Gasteiger partial charge in [0, 0.05) is 36.4 Å². The minimum atomic E-state index is -1.04. The SMILES string of the molecule is Cn1c(-c2ccc(F)cc2)c(C2CCCCC2)n2nc(C(=O)NC3(C(=O)Nc4ccc(/C=C/C(=O)O)cc4)CCC3)cc12. The lowest BCUT2D eigenvalue weighted by Gasteiger charge is -2.40. The van der Waals surface area contributed by atoms with Crippen LogP contribution >= 0.6 is 0 Å². The van der Waals surface area contributed by atoms with Crippen molar-refractivity contribution in [2.45, 2.75) is 62.8 Å². The Hall–Kier alpha value is -4.73. The van der Waals surface area contributed by atoms with Gasteiger partial charge in [-0.25, -0.2) is 13.7 Å². The first-order chi connectivity index (χ1) is 20.7. The molecule has 3 N–H and O–H groups in total. The molecule has 222 valence electrons. The van der Waals surface area contributed by atoms with Crippen LogP contribution < -0.4 is 10.6 Å². The molecule has 0 spiro atoms. The van der Waals surface area contributed by atoms with Gasteiger partial charge in [-0.1, -0.05) is 31.4 Å². The Kier molecular flexibility index (Phi) is 7.60. The van der Waals surface area contributed by atoms with Crippen molar-refractivity contribution in [3.05, 3.63) is 83.4 Å². The first kappa shape index (κ1) is 28.4. The van der Waals surface area contributed by atoms with E-state index in [9.17, 15) is 18.8 Å². The van der Waals surface area contributed by atoms with Crippen molar-refractivity contribution in [2.24, 2.45) is 7.05 Å². The van der Waals surface area contributed by atoms with Crippen molar-refractivity contribution in [2.75, 3.05) is 5.32 Å². The highest BCUT2D eigenvalue weighted by Crippen LogP contribution is 2.40. The molecule has 9 nitrogen and oxygen atoms in total. The summed E-state index contributed by atoms with van der Waals surface area (Å²) in [6, 6.07) is 15.0. The van der Waals surface area contributed by atoms with Gasteiger partial charge in [0.05, 0.1) is 11.4 Å². The third-order valence-corrected chi connectivity index (χ3v) is 8.76.